The Morgan fingerprint density at radius 2 is 1.76 bits per heavy atom. The zero-order valence-electron chi connectivity index (χ0n) is 18.1. The minimum atomic E-state index is -0.599. The first-order chi connectivity index (χ1) is 15.9. The lowest BCUT2D eigenvalue weighted by Crippen LogP contribution is -2.27. The summed E-state index contributed by atoms with van der Waals surface area (Å²) in [6.07, 6.45) is 0.662. The smallest absolute Gasteiger partial charge is 0.407 e. The molecule has 1 atom stereocenters. The van der Waals surface area contributed by atoms with Gasteiger partial charge in [0.2, 0.25) is 5.91 Å². The van der Waals surface area contributed by atoms with Crippen LogP contribution in [-0.2, 0) is 11.3 Å². The number of fused-ring (bicyclic) bond motifs is 1. The third kappa shape index (κ3) is 5.01. The number of nitro benzene ring substituents is 1. The van der Waals surface area contributed by atoms with E-state index >= 15 is 0 Å². The van der Waals surface area contributed by atoms with Crippen molar-refractivity contribution >= 4 is 22.7 Å². The normalized spacial score (nSPS) is 11.9. The Morgan fingerprint density at radius 3 is 2.45 bits per heavy atom. The molecule has 3 aromatic carbocycles. The Hall–Kier alpha value is -4.20. The Kier molecular flexibility index (Phi) is 6.35. The quantitative estimate of drug-likeness (QED) is 0.309. The van der Waals surface area contributed by atoms with Crippen molar-refractivity contribution in [3.63, 3.8) is 0 Å². The maximum absolute atomic E-state index is 12.4. The van der Waals surface area contributed by atoms with Crippen LogP contribution in [0.5, 0.6) is 0 Å². The van der Waals surface area contributed by atoms with Gasteiger partial charge in [0.05, 0.1) is 22.5 Å². The Labute approximate surface area is 189 Å². The molecule has 1 heterocycles. The Balaban J connectivity index is 1.33. The molecule has 0 fully saturated rings. The molecule has 0 aliphatic heterocycles. The number of non-ortho nitro benzene ring substituents is 1. The second-order valence-electron chi connectivity index (χ2n) is 7.81. The van der Waals surface area contributed by atoms with Crippen molar-refractivity contribution in [2.45, 2.75) is 32.4 Å². The maximum atomic E-state index is 12.4. The van der Waals surface area contributed by atoms with E-state index in [-0.39, 0.29) is 36.2 Å². The van der Waals surface area contributed by atoms with Gasteiger partial charge >= 0.3 is 5.76 Å². The van der Waals surface area contributed by atoms with Gasteiger partial charge in [-0.05, 0) is 36.1 Å². The second kappa shape index (κ2) is 9.52. The molecule has 0 radical (unpaired) electrons. The average Bonchev–Trinajstić information content (AvgIpc) is 3.14. The van der Waals surface area contributed by atoms with Crippen LogP contribution < -0.4 is 11.1 Å². The molecule has 1 amide bonds. The van der Waals surface area contributed by atoms with E-state index in [4.69, 9.17) is 4.42 Å². The topological polar surface area (TPSA) is 107 Å². The molecule has 168 valence electrons. The number of aryl methyl sites for hydroxylation is 1. The number of amides is 1. The number of hydrogen-bond donors (Lipinski definition) is 1. The maximum Gasteiger partial charge on any atom is 0.419 e. The van der Waals surface area contributed by atoms with Crippen LogP contribution in [0.1, 0.15) is 31.4 Å². The van der Waals surface area contributed by atoms with E-state index in [1.54, 1.807) is 0 Å². The van der Waals surface area contributed by atoms with Crippen LogP contribution in [0.4, 0.5) is 5.69 Å². The van der Waals surface area contributed by atoms with E-state index in [9.17, 15) is 19.7 Å². The standard InChI is InChI=1S/C25H23N3O5/c1-17(18-9-11-20(12-10-18)19-6-3-2-4-7-19)26-24(29)8-5-15-27-22-14-13-21(28(31)32)16-23(22)33-25(27)30/h2-4,6-7,9-14,16-17H,5,8,15H2,1H3,(H,26,29)/t17-/m1/s1. The summed E-state index contributed by atoms with van der Waals surface area (Å²) in [5.41, 5.74) is 3.73. The molecule has 0 saturated heterocycles. The highest BCUT2D eigenvalue weighted by atomic mass is 16.6. The number of oxazole rings is 1. The minimum absolute atomic E-state index is 0.119. The summed E-state index contributed by atoms with van der Waals surface area (Å²) in [5, 5.41) is 13.9. The predicted molar refractivity (Wildman–Crippen MR) is 125 cm³/mol. The predicted octanol–water partition coefficient (Wildman–Crippen LogP) is 4.83. The van der Waals surface area contributed by atoms with Crippen LogP contribution in [-0.4, -0.2) is 15.4 Å². The molecule has 0 bridgehead atoms. The van der Waals surface area contributed by atoms with E-state index in [0.717, 1.165) is 16.7 Å². The summed E-state index contributed by atoms with van der Waals surface area (Å²) in [6.45, 7) is 2.20. The number of benzene rings is 3. The molecule has 0 spiro atoms. The van der Waals surface area contributed by atoms with Gasteiger partial charge < -0.3 is 9.73 Å². The SMILES string of the molecule is C[C@@H](NC(=O)CCCn1c(=O)oc2cc([N+](=O)[O-])ccc21)c1ccc(-c2ccccc2)cc1. The fourth-order valence-corrected chi connectivity index (χ4v) is 3.77. The molecule has 0 aliphatic rings. The molecule has 4 rings (SSSR count). The van der Waals surface area contributed by atoms with E-state index in [2.05, 4.69) is 17.4 Å². The zero-order valence-corrected chi connectivity index (χ0v) is 18.1. The lowest BCUT2D eigenvalue weighted by atomic mass is 10.0. The van der Waals surface area contributed by atoms with Gasteiger partial charge in [-0.3, -0.25) is 19.5 Å². The van der Waals surface area contributed by atoms with Crippen molar-refractivity contribution in [2.24, 2.45) is 0 Å². The molecule has 0 saturated carbocycles. The molecular weight excluding hydrogens is 422 g/mol. The number of carbonyl (C=O) groups is 1. The summed E-state index contributed by atoms with van der Waals surface area (Å²) in [7, 11) is 0. The monoisotopic (exact) mass is 445 g/mol. The number of hydrogen-bond acceptors (Lipinski definition) is 5. The number of nitro groups is 1. The molecular formula is C25H23N3O5. The number of nitrogens with zero attached hydrogens (tertiary/aromatic N) is 2. The largest absolute Gasteiger partial charge is 0.419 e. The van der Waals surface area contributed by atoms with Crippen LogP contribution in [0.3, 0.4) is 0 Å². The van der Waals surface area contributed by atoms with Gasteiger partial charge in [0.15, 0.2) is 5.58 Å². The van der Waals surface area contributed by atoms with Crippen molar-refractivity contribution in [3.8, 4) is 11.1 Å². The number of rotatable bonds is 8. The number of carbonyl (C=O) groups excluding carboxylic acids is 1. The van der Waals surface area contributed by atoms with Gasteiger partial charge in [-0.15, -0.1) is 0 Å². The van der Waals surface area contributed by atoms with E-state index in [1.807, 2.05) is 49.4 Å². The lowest BCUT2D eigenvalue weighted by molar-refractivity contribution is -0.384. The molecule has 1 aromatic heterocycles. The molecule has 8 nitrogen and oxygen atoms in total. The van der Waals surface area contributed by atoms with Gasteiger partial charge in [-0.1, -0.05) is 54.6 Å². The Bertz CT molecular complexity index is 1340. The van der Waals surface area contributed by atoms with Gasteiger partial charge in [0.1, 0.15) is 0 Å². The summed E-state index contributed by atoms with van der Waals surface area (Å²) in [4.78, 5) is 34.9. The molecule has 33 heavy (non-hydrogen) atoms. The molecule has 0 aliphatic carbocycles. The highest BCUT2D eigenvalue weighted by Crippen LogP contribution is 2.22. The minimum Gasteiger partial charge on any atom is -0.407 e. The van der Waals surface area contributed by atoms with Gasteiger partial charge in [-0.2, -0.15) is 0 Å². The molecule has 4 aromatic rings. The summed E-state index contributed by atoms with van der Waals surface area (Å²) in [6, 6.07) is 22.0. The average molecular weight is 445 g/mol. The van der Waals surface area contributed by atoms with E-state index in [0.29, 0.717) is 11.9 Å². The third-order valence-electron chi connectivity index (χ3n) is 5.54. The van der Waals surface area contributed by atoms with Gasteiger partial charge in [0.25, 0.3) is 5.69 Å². The van der Waals surface area contributed by atoms with Crippen molar-refractivity contribution in [2.75, 3.05) is 0 Å². The molecule has 0 unspecified atom stereocenters. The summed E-state index contributed by atoms with van der Waals surface area (Å²) >= 11 is 0. The first kappa shape index (κ1) is 22.0. The van der Waals surface area contributed by atoms with Crippen LogP contribution in [0.2, 0.25) is 0 Å². The first-order valence-electron chi connectivity index (χ1n) is 10.6. The van der Waals surface area contributed by atoms with Crippen LogP contribution >= 0.6 is 0 Å². The third-order valence-corrected chi connectivity index (χ3v) is 5.54. The van der Waals surface area contributed by atoms with Gasteiger partial charge in [0, 0.05) is 19.0 Å². The fraction of sp³-hybridized carbons (Fsp3) is 0.200. The van der Waals surface area contributed by atoms with Crippen LogP contribution in [0.25, 0.3) is 22.2 Å². The van der Waals surface area contributed by atoms with Crippen LogP contribution in [0.15, 0.2) is 82.0 Å². The highest BCUT2D eigenvalue weighted by Gasteiger charge is 2.15. The van der Waals surface area contributed by atoms with E-state index in [1.165, 1.54) is 22.8 Å². The zero-order chi connectivity index (χ0) is 23.4. The van der Waals surface area contributed by atoms with Crippen molar-refractivity contribution in [1.29, 1.82) is 0 Å². The Morgan fingerprint density at radius 1 is 1.06 bits per heavy atom. The highest BCUT2D eigenvalue weighted by molar-refractivity contribution is 5.77. The summed E-state index contributed by atoms with van der Waals surface area (Å²) < 4.78 is 6.50. The van der Waals surface area contributed by atoms with Crippen molar-refractivity contribution in [1.82, 2.24) is 9.88 Å². The molecule has 1 N–H and O–H groups in total. The fourth-order valence-electron chi connectivity index (χ4n) is 3.77. The lowest BCUT2D eigenvalue weighted by Gasteiger charge is -2.15. The van der Waals surface area contributed by atoms with Crippen LogP contribution in [0, 0.1) is 10.1 Å². The second-order valence-corrected chi connectivity index (χ2v) is 7.81. The van der Waals surface area contributed by atoms with Gasteiger partial charge in [-0.25, -0.2) is 4.79 Å². The van der Waals surface area contributed by atoms with E-state index < -0.39 is 10.7 Å². The van der Waals surface area contributed by atoms with Crippen molar-refractivity contribution < 1.29 is 14.1 Å². The number of nitrogens with one attached hydrogen (secondary N) is 1. The summed E-state index contributed by atoms with van der Waals surface area (Å²) in [5.74, 6) is -0.719. The first-order valence-corrected chi connectivity index (χ1v) is 10.6. The van der Waals surface area contributed by atoms with Crippen molar-refractivity contribution in [3.05, 3.63) is 99.0 Å². The number of aromatic nitrogens is 1. The molecule has 8 heteroatoms.